The number of ether oxygens (including phenoxy) is 1. The fourth-order valence-electron chi connectivity index (χ4n) is 1.23. The van der Waals surface area contributed by atoms with Gasteiger partial charge >= 0.3 is 0 Å². The number of hydrogen-bond donors (Lipinski definition) is 2. The van der Waals surface area contributed by atoms with E-state index in [2.05, 4.69) is 10.3 Å². The SMILES string of the molecule is CC(C)Oc1ncccc1NCC(C)(C)CO. The minimum Gasteiger partial charge on any atom is -0.473 e. The van der Waals surface area contributed by atoms with Crippen LogP contribution in [0.3, 0.4) is 0 Å². The molecule has 1 heterocycles. The molecule has 96 valence electrons. The highest BCUT2D eigenvalue weighted by Crippen LogP contribution is 2.23. The number of hydrogen-bond acceptors (Lipinski definition) is 4. The lowest BCUT2D eigenvalue weighted by molar-refractivity contribution is 0.170. The van der Waals surface area contributed by atoms with Crippen LogP contribution in [0.1, 0.15) is 27.7 Å². The molecule has 4 nitrogen and oxygen atoms in total. The molecule has 0 saturated carbocycles. The van der Waals surface area contributed by atoms with Gasteiger partial charge < -0.3 is 15.2 Å². The standard InChI is InChI=1S/C13H22N2O2/c1-10(2)17-12-11(6-5-7-14-12)15-8-13(3,4)9-16/h5-7,10,15-16H,8-9H2,1-4H3. The Morgan fingerprint density at radius 3 is 2.76 bits per heavy atom. The first-order valence-electron chi connectivity index (χ1n) is 5.91. The third-order valence-corrected chi connectivity index (χ3v) is 2.30. The molecule has 0 aliphatic heterocycles. The quantitative estimate of drug-likeness (QED) is 0.798. The van der Waals surface area contributed by atoms with Gasteiger partial charge in [-0.3, -0.25) is 0 Å². The molecule has 2 N–H and O–H groups in total. The molecule has 1 aromatic heterocycles. The van der Waals surface area contributed by atoms with E-state index in [4.69, 9.17) is 4.74 Å². The van der Waals surface area contributed by atoms with Crippen LogP contribution in [0.25, 0.3) is 0 Å². The Hall–Kier alpha value is -1.29. The van der Waals surface area contributed by atoms with Crippen LogP contribution in [0.4, 0.5) is 5.69 Å². The first kappa shape index (κ1) is 13.8. The summed E-state index contributed by atoms with van der Waals surface area (Å²) >= 11 is 0. The predicted octanol–water partition coefficient (Wildman–Crippen LogP) is 2.30. The van der Waals surface area contributed by atoms with E-state index >= 15 is 0 Å². The third kappa shape index (κ3) is 4.61. The molecule has 0 bridgehead atoms. The van der Waals surface area contributed by atoms with Gasteiger partial charge in [0.15, 0.2) is 0 Å². The summed E-state index contributed by atoms with van der Waals surface area (Å²) in [6.45, 7) is 8.75. The molecule has 0 aromatic carbocycles. The van der Waals surface area contributed by atoms with E-state index in [1.165, 1.54) is 0 Å². The van der Waals surface area contributed by atoms with Crippen molar-refractivity contribution in [2.45, 2.75) is 33.8 Å². The van der Waals surface area contributed by atoms with Crippen molar-refractivity contribution in [2.24, 2.45) is 5.41 Å². The Morgan fingerprint density at radius 2 is 2.18 bits per heavy atom. The second-order valence-corrected chi connectivity index (χ2v) is 5.20. The minimum atomic E-state index is -0.162. The summed E-state index contributed by atoms with van der Waals surface area (Å²) in [6.07, 6.45) is 1.80. The summed E-state index contributed by atoms with van der Waals surface area (Å²) in [6, 6.07) is 3.79. The Labute approximate surface area is 103 Å². The average Bonchev–Trinajstić information content (AvgIpc) is 2.27. The summed E-state index contributed by atoms with van der Waals surface area (Å²) in [5.74, 6) is 0.608. The lowest BCUT2D eigenvalue weighted by Crippen LogP contribution is -2.27. The van der Waals surface area contributed by atoms with Crippen LogP contribution in [0.2, 0.25) is 0 Å². The number of nitrogens with one attached hydrogen (secondary N) is 1. The molecule has 0 radical (unpaired) electrons. The van der Waals surface area contributed by atoms with Gasteiger partial charge in [0.25, 0.3) is 0 Å². The fourth-order valence-corrected chi connectivity index (χ4v) is 1.23. The van der Waals surface area contributed by atoms with Gasteiger partial charge in [-0.2, -0.15) is 0 Å². The number of nitrogens with zero attached hydrogens (tertiary/aromatic N) is 1. The van der Waals surface area contributed by atoms with Gasteiger partial charge in [-0.15, -0.1) is 0 Å². The molecular formula is C13H22N2O2. The summed E-state index contributed by atoms with van der Waals surface area (Å²) < 4.78 is 5.61. The van der Waals surface area contributed by atoms with Crippen molar-refractivity contribution in [3.8, 4) is 5.88 Å². The summed E-state index contributed by atoms with van der Waals surface area (Å²) in [7, 11) is 0. The van der Waals surface area contributed by atoms with Crippen LogP contribution >= 0.6 is 0 Å². The molecule has 0 aliphatic carbocycles. The van der Waals surface area contributed by atoms with E-state index in [0.717, 1.165) is 5.69 Å². The molecular weight excluding hydrogens is 216 g/mol. The highest BCUT2D eigenvalue weighted by atomic mass is 16.5. The normalized spacial score (nSPS) is 11.6. The van der Waals surface area contributed by atoms with Gasteiger partial charge in [-0.1, -0.05) is 13.8 Å². The molecule has 0 aliphatic rings. The Morgan fingerprint density at radius 1 is 1.47 bits per heavy atom. The van der Waals surface area contributed by atoms with Gasteiger partial charge in [-0.25, -0.2) is 4.98 Å². The maximum Gasteiger partial charge on any atom is 0.237 e. The Kier molecular flexibility index (Phi) is 4.75. The van der Waals surface area contributed by atoms with Crippen molar-refractivity contribution in [2.75, 3.05) is 18.5 Å². The molecule has 0 saturated heterocycles. The number of anilines is 1. The van der Waals surface area contributed by atoms with E-state index in [1.807, 2.05) is 39.8 Å². The minimum absolute atomic E-state index is 0.0938. The van der Waals surface area contributed by atoms with E-state index in [9.17, 15) is 5.11 Å². The second kappa shape index (κ2) is 5.87. The number of aliphatic hydroxyl groups is 1. The van der Waals surface area contributed by atoms with Crippen molar-refractivity contribution in [1.29, 1.82) is 0 Å². The first-order chi connectivity index (χ1) is 7.94. The lowest BCUT2D eigenvalue weighted by Gasteiger charge is -2.23. The van der Waals surface area contributed by atoms with Crippen molar-refractivity contribution in [1.82, 2.24) is 4.98 Å². The summed E-state index contributed by atoms with van der Waals surface area (Å²) in [4.78, 5) is 4.20. The van der Waals surface area contributed by atoms with E-state index in [-0.39, 0.29) is 18.1 Å². The van der Waals surface area contributed by atoms with E-state index in [0.29, 0.717) is 12.4 Å². The summed E-state index contributed by atoms with van der Waals surface area (Å²) in [5, 5.41) is 12.5. The average molecular weight is 238 g/mol. The molecule has 17 heavy (non-hydrogen) atoms. The van der Waals surface area contributed by atoms with Gasteiger partial charge in [0.2, 0.25) is 5.88 Å². The van der Waals surface area contributed by atoms with E-state index in [1.54, 1.807) is 6.20 Å². The van der Waals surface area contributed by atoms with Gasteiger partial charge in [0.1, 0.15) is 0 Å². The molecule has 0 amide bonds. The number of aliphatic hydroxyl groups excluding tert-OH is 1. The fraction of sp³-hybridized carbons (Fsp3) is 0.615. The highest BCUT2D eigenvalue weighted by molar-refractivity contribution is 5.52. The van der Waals surface area contributed by atoms with Crippen LogP contribution in [-0.2, 0) is 0 Å². The van der Waals surface area contributed by atoms with Crippen molar-refractivity contribution >= 4 is 5.69 Å². The second-order valence-electron chi connectivity index (χ2n) is 5.20. The molecule has 1 rings (SSSR count). The summed E-state index contributed by atoms with van der Waals surface area (Å²) in [5.41, 5.74) is 0.702. The largest absolute Gasteiger partial charge is 0.473 e. The van der Waals surface area contributed by atoms with Gasteiger partial charge in [0.05, 0.1) is 11.8 Å². The lowest BCUT2D eigenvalue weighted by atomic mass is 9.95. The van der Waals surface area contributed by atoms with Crippen LogP contribution < -0.4 is 10.1 Å². The van der Waals surface area contributed by atoms with Crippen molar-refractivity contribution in [3.05, 3.63) is 18.3 Å². The maximum absolute atomic E-state index is 9.20. The van der Waals surface area contributed by atoms with Gasteiger partial charge in [0, 0.05) is 24.8 Å². The number of aromatic nitrogens is 1. The maximum atomic E-state index is 9.20. The number of rotatable bonds is 6. The van der Waals surface area contributed by atoms with Crippen LogP contribution in [0.5, 0.6) is 5.88 Å². The third-order valence-electron chi connectivity index (χ3n) is 2.30. The monoisotopic (exact) mass is 238 g/mol. The molecule has 0 unspecified atom stereocenters. The highest BCUT2D eigenvalue weighted by Gasteiger charge is 2.17. The van der Waals surface area contributed by atoms with E-state index < -0.39 is 0 Å². The Balaban J connectivity index is 2.70. The topological polar surface area (TPSA) is 54.4 Å². The zero-order chi connectivity index (χ0) is 12.9. The van der Waals surface area contributed by atoms with Crippen molar-refractivity contribution in [3.63, 3.8) is 0 Å². The Bertz CT molecular complexity index is 351. The molecule has 1 aromatic rings. The zero-order valence-corrected chi connectivity index (χ0v) is 11.0. The molecule has 0 spiro atoms. The molecule has 4 heteroatoms. The molecule has 0 fully saturated rings. The van der Waals surface area contributed by atoms with Crippen LogP contribution in [-0.4, -0.2) is 29.3 Å². The predicted molar refractivity (Wildman–Crippen MR) is 69.4 cm³/mol. The van der Waals surface area contributed by atoms with Crippen LogP contribution in [0, 0.1) is 5.41 Å². The molecule has 0 atom stereocenters. The van der Waals surface area contributed by atoms with Crippen molar-refractivity contribution < 1.29 is 9.84 Å². The van der Waals surface area contributed by atoms with Gasteiger partial charge in [-0.05, 0) is 26.0 Å². The first-order valence-corrected chi connectivity index (χ1v) is 5.91. The number of pyridine rings is 1. The smallest absolute Gasteiger partial charge is 0.237 e. The van der Waals surface area contributed by atoms with Crippen LogP contribution in [0.15, 0.2) is 18.3 Å². The zero-order valence-electron chi connectivity index (χ0n) is 11.0.